The quantitative estimate of drug-likeness (QED) is 0.777. The van der Waals surface area contributed by atoms with E-state index in [2.05, 4.69) is 5.32 Å². The molecule has 0 unspecified atom stereocenters. The molecule has 0 spiro atoms. The van der Waals surface area contributed by atoms with Crippen molar-refractivity contribution in [2.75, 3.05) is 13.2 Å². The average molecular weight is 405 g/mol. The van der Waals surface area contributed by atoms with Crippen LogP contribution < -0.4 is 15.5 Å². The van der Waals surface area contributed by atoms with Crippen LogP contribution >= 0.6 is 0 Å². The molecule has 2 atom stereocenters. The maximum absolute atomic E-state index is 12.0. The van der Waals surface area contributed by atoms with E-state index in [-0.39, 0.29) is 23.3 Å². The molecule has 0 aliphatic carbocycles. The number of hydrogen-bond donors (Lipinski definition) is 1. The first-order chi connectivity index (χ1) is 13.4. The Morgan fingerprint density at radius 2 is 1.66 bits per heavy atom. The topological polar surface area (TPSA) is 75.3 Å². The van der Waals surface area contributed by atoms with Crippen LogP contribution in [0.5, 0.6) is 5.75 Å². The third-order valence-electron chi connectivity index (χ3n) is 5.42. The highest BCUT2D eigenvalue weighted by atomic mass is 16.7. The molecule has 0 saturated carbocycles. The minimum atomic E-state index is -0.552. The Morgan fingerprint density at radius 1 is 1.07 bits per heavy atom. The molecule has 1 amide bonds. The number of benzene rings is 1. The molecule has 29 heavy (non-hydrogen) atoms. The summed E-state index contributed by atoms with van der Waals surface area (Å²) >= 11 is 0. The first-order valence-electron chi connectivity index (χ1n) is 10.1. The first kappa shape index (κ1) is 21.9. The van der Waals surface area contributed by atoms with Gasteiger partial charge in [0.05, 0.1) is 30.5 Å². The fraction of sp³-hybridized carbons (Fsp3) is 0.667. The highest BCUT2D eigenvalue weighted by Crippen LogP contribution is 2.36. The van der Waals surface area contributed by atoms with Crippen molar-refractivity contribution in [1.82, 2.24) is 5.32 Å². The molecule has 2 saturated heterocycles. The van der Waals surface area contributed by atoms with E-state index in [1.807, 2.05) is 72.7 Å². The summed E-state index contributed by atoms with van der Waals surface area (Å²) in [6.45, 7) is 14.4. The molecular formula is C21H32BNO6. The fourth-order valence-electron chi connectivity index (χ4n) is 3.10. The third-order valence-corrected chi connectivity index (χ3v) is 5.42. The smallest absolute Gasteiger partial charge is 0.486 e. The third kappa shape index (κ3) is 5.24. The Bertz CT molecular complexity index is 712. The fourth-order valence-corrected chi connectivity index (χ4v) is 3.10. The Kier molecular flexibility index (Phi) is 5.91. The summed E-state index contributed by atoms with van der Waals surface area (Å²) in [5.74, 6) is 0.691. The van der Waals surface area contributed by atoms with Gasteiger partial charge in [-0.05, 0) is 66.1 Å². The van der Waals surface area contributed by atoms with Crippen LogP contribution in [0.1, 0.15) is 48.5 Å². The number of carbonyl (C=O) groups excluding carboxylic acids is 1. The summed E-state index contributed by atoms with van der Waals surface area (Å²) < 4.78 is 29.0. The van der Waals surface area contributed by atoms with Crippen molar-refractivity contribution in [2.45, 2.75) is 77.4 Å². The van der Waals surface area contributed by atoms with Crippen molar-refractivity contribution in [3.8, 4) is 5.75 Å². The van der Waals surface area contributed by atoms with Gasteiger partial charge in [-0.1, -0.05) is 12.1 Å². The number of rotatable bonds is 4. The summed E-state index contributed by atoms with van der Waals surface area (Å²) in [6.07, 6.45) is -0.761. The molecule has 1 aromatic rings. The predicted molar refractivity (Wildman–Crippen MR) is 111 cm³/mol. The van der Waals surface area contributed by atoms with E-state index < -0.39 is 18.8 Å². The van der Waals surface area contributed by atoms with Crippen molar-refractivity contribution in [2.24, 2.45) is 0 Å². The number of carbonyl (C=O) groups is 1. The van der Waals surface area contributed by atoms with Gasteiger partial charge in [-0.3, -0.25) is 0 Å². The van der Waals surface area contributed by atoms with E-state index in [1.54, 1.807) is 0 Å². The minimum absolute atomic E-state index is 0.271. The number of hydrogen-bond acceptors (Lipinski definition) is 6. The standard InChI is InChI=1S/C21H32BNO6/c1-19(2,3)27-18(24)23-16-12-25-13-17(16)26-15-10-8-14(9-11-15)22-28-20(4,5)21(6,7)29-22/h8-11,16-17H,12-13H2,1-7H3,(H,23,24)/t16-,17-/m1/s1. The molecular weight excluding hydrogens is 373 g/mol. The molecule has 1 aromatic carbocycles. The largest absolute Gasteiger partial charge is 0.494 e. The van der Waals surface area contributed by atoms with Crippen LogP contribution in [-0.2, 0) is 18.8 Å². The van der Waals surface area contributed by atoms with Gasteiger partial charge in [0, 0.05) is 0 Å². The Hall–Kier alpha value is -1.77. The van der Waals surface area contributed by atoms with Gasteiger partial charge in [-0.15, -0.1) is 0 Å². The van der Waals surface area contributed by atoms with Gasteiger partial charge in [0.2, 0.25) is 0 Å². The van der Waals surface area contributed by atoms with Gasteiger partial charge >= 0.3 is 13.2 Å². The molecule has 7 nitrogen and oxygen atoms in total. The molecule has 2 aliphatic rings. The van der Waals surface area contributed by atoms with E-state index in [0.717, 1.165) is 5.46 Å². The highest BCUT2D eigenvalue weighted by Gasteiger charge is 2.51. The Balaban J connectivity index is 1.59. The molecule has 8 heteroatoms. The van der Waals surface area contributed by atoms with Crippen LogP contribution in [0.2, 0.25) is 0 Å². The molecule has 0 aromatic heterocycles. The van der Waals surface area contributed by atoms with Crippen molar-refractivity contribution in [1.29, 1.82) is 0 Å². The second kappa shape index (κ2) is 7.82. The second-order valence-electron chi connectivity index (χ2n) is 9.60. The zero-order chi connectivity index (χ0) is 21.4. The number of nitrogens with one attached hydrogen (secondary N) is 1. The van der Waals surface area contributed by atoms with Gasteiger partial charge in [-0.25, -0.2) is 4.79 Å². The lowest BCUT2D eigenvalue weighted by molar-refractivity contribution is 0.00578. The molecule has 0 bridgehead atoms. The van der Waals surface area contributed by atoms with Crippen molar-refractivity contribution in [3.63, 3.8) is 0 Å². The molecule has 2 heterocycles. The van der Waals surface area contributed by atoms with E-state index in [4.69, 9.17) is 23.5 Å². The van der Waals surface area contributed by atoms with Gasteiger partial charge in [0.15, 0.2) is 0 Å². The van der Waals surface area contributed by atoms with Crippen molar-refractivity contribution in [3.05, 3.63) is 24.3 Å². The summed E-state index contributed by atoms with van der Waals surface area (Å²) in [7, 11) is -0.412. The monoisotopic (exact) mass is 405 g/mol. The normalized spacial score (nSPS) is 25.7. The highest BCUT2D eigenvalue weighted by molar-refractivity contribution is 6.62. The number of amides is 1. The summed E-state index contributed by atoms with van der Waals surface area (Å²) in [5, 5.41) is 2.83. The van der Waals surface area contributed by atoms with Crippen molar-refractivity contribution >= 4 is 18.7 Å². The zero-order valence-electron chi connectivity index (χ0n) is 18.4. The van der Waals surface area contributed by atoms with Crippen LogP contribution in [-0.4, -0.2) is 55.4 Å². The van der Waals surface area contributed by atoms with Crippen LogP contribution in [0.4, 0.5) is 4.79 Å². The lowest BCUT2D eigenvalue weighted by atomic mass is 9.79. The first-order valence-corrected chi connectivity index (χ1v) is 10.1. The predicted octanol–water partition coefficient (Wildman–Crippen LogP) is 2.66. The average Bonchev–Trinajstić information content (AvgIpc) is 3.07. The summed E-state index contributed by atoms with van der Waals surface area (Å²) in [5.41, 5.74) is -0.381. The molecule has 3 rings (SSSR count). The lowest BCUT2D eigenvalue weighted by Gasteiger charge is -2.32. The maximum atomic E-state index is 12.0. The van der Waals surface area contributed by atoms with E-state index in [9.17, 15) is 4.79 Å². The van der Waals surface area contributed by atoms with Crippen LogP contribution in [0.3, 0.4) is 0 Å². The zero-order valence-corrected chi connectivity index (χ0v) is 18.4. The second-order valence-corrected chi connectivity index (χ2v) is 9.60. The number of ether oxygens (including phenoxy) is 3. The maximum Gasteiger partial charge on any atom is 0.494 e. The molecule has 0 radical (unpaired) electrons. The SMILES string of the molecule is CC(C)(C)OC(=O)N[C@@H]1COC[C@H]1Oc1ccc(B2OC(C)(C)C(C)(C)O2)cc1. The Labute approximate surface area is 173 Å². The van der Waals surface area contributed by atoms with Crippen LogP contribution in [0.15, 0.2) is 24.3 Å². The Morgan fingerprint density at radius 3 is 2.21 bits per heavy atom. The van der Waals surface area contributed by atoms with E-state index in [1.165, 1.54) is 0 Å². The molecule has 1 N–H and O–H groups in total. The van der Waals surface area contributed by atoms with Crippen molar-refractivity contribution < 1.29 is 28.3 Å². The molecule has 2 fully saturated rings. The van der Waals surface area contributed by atoms with Gasteiger partial charge < -0.3 is 28.8 Å². The molecule has 160 valence electrons. The minimum Gasteiger partial charge on any atom is -0.486 e. The summed E-state index contributed by atoms with van der Waals surface area (Å²) in [6, 6.07) is 7.35. The molecule has 2 aliphatic heterocycles. The lowest BCUT2D eigenvalue weighted by Crippen LogP contribution is -2.46. The number of alkyl carbamates (subject to hydrolysis) is 1. The van der Waals surface area contributed by atoms with Gasteiger partial charge in [-0.2, -0.15) is 0 Å². The van der Waals surface area contributed by atoms with Gasteiger partial charge in [0.25, 0.3) is 0 Å². The van der Waals surface area contributed by atoms with Crippen LogP contribution in [0.25, 0.3) is 0 Å². The van der Waals surface area contributed by atoms with E-state index >= 15 is 0 Å². The van der Waals surface area contributed by atoms with Crippen LogP contribution in [0, 0.1) is 0 Å². The van der Waals surface area contributed by atoms with Gasteiger partial charge in [0.1, 0.15) is 17.5 Å². The van der Waals surface area contributed by atoms with E-state index in [0.29, 0.717) is 19.0 Å². The summed E-state index contributed by atoms with van der Waals surface area (Å²) in [4.78, 5) is 12.0.